The van der Waals surface area contributed by atoms with E-state index in [4.69, 9.17) is 11.6 Å². The zero-order chi connectivity index (χ0) is 17.1. The van der Waals surface area contributed by atoms with Gasteiger partial charge in [-0.25, -0.2) is 0 Å². The monoisotopic (exact) mass is 340 g/mol. The van der Waals surface area contributed by atoms with Crippen LogP contribution in [0.2, 0.25) is 5.02 Å². The number of carbonyl (C=O) groups is 1. The van der Waals surface area contributed by atoms with Crippen molar-refractivity contribution >= 4 is 23.2 Å². The molecule has 10 heteroatoms. The van der Waals surface area contributed by atoms with Crippen LogP contribution in [0.1, 0.15) is 17.8 Å². The van der Waals surface area contributed by atoms with Crippen molar-refractivity contribution in [2.75, 3.05) is 7.05 Å². The van der Waals surface area contributed by atoms with Crippen LogP contribution in [-0.4, -0.2) is 42.3 Å². The number of hydrogen-bond acceptors (Lipinski definition) is 5. The predicted molar refractivity (Wildman–Crippen MR) is 82.9 cm³/mol. The minimum absolute atomic E-state index is 0.0486. The molecular formula is C13H17ClN6O3. The second kappa shape index (κ2) is 6.78. The van der Waals surface area contributed by atoms with E-state index < -0.39 is 4.92 Å². The fourth-order valence-corrected chi connectivity index (χ4v) is 2.35. The highest BCUT2D eigenvalue weighted by Crippen LogP contribution is 2.17. The first kappa shape index (κ1) is 16.9. The van der Waals surface area contributed by atoms with Gasteiger partial charge in [0.25, 0.3) is 0 Å². The number of hydrogen-bond donors (Lipinski definition) is 0. The molecule has 0 aromatic carbocycles. The van der Waals surface area contributed by atoms with E-state index in [0.717, 1.165) is 5.69 Å². The summed E-state index contributed by atoms with van der Waals surface area (Å²) in [6.07, 6.45) is 3.05. The Hall–Kier alpha value is -2.42. The molecule has 0 N–H and O–H groups in total. The normalized spacial score (nSPS) is 10.8. The average molecular weight is 341 g/mol. The molecular weight excluding hydrogens is 324 g/mol. The van der Waals surface area contributed by atoms with Gasteiger partial charge >= 0.3 is 5.69 Å². The highest BCUT2D eigenvalue weighted by molar-refractivity contribution is 6.31. The quantitative estimate of drug-likeness (QED) is 0.586. The van der Waals surface area contributed by atoms with Crippen molar-refractivity contribution in [1.82, 2.24) is 24.5 Å². The third-order valence-electron chi connectivity index (χ3n) is 3.50. The van der Waals surface area contributed by atoms with Gasteiger partial charge in [0.2, 0.25) is 5.91 Å². The molecule has 0 spiro atoms. The molecule has 0 aliphatic rings. The SMILES string of the molecule is Cc1nn(CCC(=O)N(C)Cc2c(Cl)cnn2C)cc1[N+](=O)[O-]. The summed E-state index contributed by atoms with van der Waals surface area (Å²) < 4.78 is 3.03. The minimum Gasteiger partial charge on any atom is -0.340 e. The molecule has 0 saturated heterocycles. The van der Waals surface area contributed by atoms with Gasteiger partial charge in [0.05, 0.1) is 28.4 Å². The van der Waals surface area contributed by atoms with E-state index in [1.807, 2.05) is 0 Å². The lowest BCUT2D eigenvalue weighted by Crippen LogP contribution is -2.28. The molecule has 0 aliphatic heterocycles. The maximum atomic E-state index is 12.2. The fourth-order valence-electron chi connectivity index (χ4n) is 2.13. The number of amides is 1. The van der Waals surface area contributed by atoms with Crippen LogP contribution in [0.5, 0.6) is 0 Å². The molecule has 0 unspecified atom stereocenters. The van der Waals surface area contributed by atoms with Crippen LogP contribution in [0.4, 0.5) is 5.69 Å². The Labute approximate surface area is 137 Å². The van der Waals surface area contributed by atoms with E-state index >= 15 is 0 Å². The van der Waals surface area contributed by atoms with Crippen molar-refractivity contribution < 1.29 is 9.72 Å². The van der Waals surface area contributed by atoms with E-state index in [-0.39, 0.29) is 24.6 Å². The lowest BCUT2D eigenvalue weighted by atomic mass is 10.3. The largest absolute Gasteiger partial charge is 0.340 e. The zero-order valence-corrected chi connectivity index (χ0v) is 13.8. The maximum Gasteiger partial charge on any atom is 0.309 e. The van der Waals surface area contributed by atoms with Crippen LogP contribution in [-0.2, 0) is 24.9 Å². The molecule has 0 bridgehead atoms. The van der Waals surface area contributed by atoms with Crippen LogP contribution in [0.15, 0.2) is 12.4 Å². The Morgan fingerprint density at radius 1 is 1.52 bits per heavy atom. The summed E-state index contributed by atoms with van der Waals surface area (Å²) >= 11 is 6.02. The van der Waals surface area contributed by atoms with Crippen LogP contribution in [0, 0.1) is 17.0 Å². The third kappa shape index (κ3) is 3.86. The molecule has 0 radical (unpaired) electrons. The molecule has 124 valence electrons. The molecule has 0 saturated carbocycles. The molecule has 0 atom stereocenters. The number of halogens is 1. The van der Waals surface area contributed by atoms with Gasteiger partial charge in [-0.15, -0.1) is 0 Å². The molecule has 0 fully saturated rings. The average Bonchev–Trinajstić information content (AvgIpc) is 3.01. The molecule has 23 heavy (non-hydrogen) atoms. The van der Waals surface area contributed by atoms with Crippen molar-refractivity contribution in [3.63, 3.8) is 0 Å². The Morgan fingerprint density at radius 3 is 2.74 bits per heavy atom. The Bertz CT molecular complexity index is 719. The number of nitro groups is 1. The highest BCUT2D eigenvalue weighted by atomic mass is 35.5. The van der Waals surface area contributed by atoms with Gasteiger partial charge < -0.3 is 4.90 Å². The van der Waals surface area contributed by atoms with Gasteiger partial charge in [0, 0.05) is 27.1 Å². The minimum atomic E-state index is -0.489. The van der Waals surface area contributed by atoms with Crippen LogP contribution >= 0.6 is 11.6 Å². The number of rotatable bonds is 6. The van der Waals surface area contributed by atoms with Crippen molar-refractivity contribution in [1.29, 1.82) is 0 Å². The summed E-state index contributed by atoms with van der Waals surface area (Å²) in [5, 5.41) is 19.3. The zero-order valence-electron chi connectivity index (χ0n) is 13.1. The smallest absolute Gasteiger partial charge is 0.309 e. The molecule has 0 aliphatic carbocycles. The Balaban J connectivity index is 1.94. The number of carbonyl (C=O) groups excluding carboxylic acids is 1. The van der Waals surface area contributed by atoms with Crippen LogP contribution < -0.4 is 0 Å². The first-order chi connectivity index (χ1) is 10.8. The molecule has 2 rings (SSSR count). The lowest BCUT2D eigenvalue weighted by Gasteiger charge is -2.17. The van der Waals surface area contributed by atoms with Crippen molar-refractivity contribution in [3.8, 4) is 0 Å². The molecule has 9 nitrogen and oxygen atoms in total. The van der Waals surface area contributed by atoms with E-state index in [1.165, 1.54) is 22.0 Å². The third-order valence-corrected chi connectivity index (χ3v) is 3.81. The van der Waals surface area contributed by atoms with Crippen molar-refractivity contribution in [2.45, 2.75) is 26.4 Å². The second-order valence-electron chi connectivity index (χ2n) is 5.18. The lowest BCUT2D eigenvalue weighted by molar-refractivity contribution is -0.385. The summed E-state index contributed by atoms with van der Waals surface area (Å²) in [5.74, 6) is -0.113. The van der Waals surface area contributed by atoms with Gasteiger partial charge in [-0.05, 0) is 6.92 Å². The topological polar surface area (TPSA) is 99.1 Å². The molecule has 2 heterocycles. The van der Waals surface area contributed by atoms with Crippen LogP contribution in [0.3, 0.4) is 0 Å². The summed E-state index contributed by atoms with van der Waals surface area (Å²) in [6, 6.07) is 0. The molecule has 2 aromatic rings. The Morgan fingerprint density at radius 2 is 2.22 bits per heavy atom. The second-order valence-corrected chi connectivity index (χ2v) is 5.59. The summed E-state index contributed by atoms with van der Waals surface area (Å²) in [6.45, 7) is 2.18. The number of aryl methyl sites for hydroxylation is 3. The standard InChI is InChI=1S/C13H17ClN6O3/c1-9-11(20(22)23)8-19(16-9)5-4-13(21)17(2)7-12-10(14)6-15-18(12)3/h6,8H,4-5,7H2,1-3H3. The number of nitrogens with zero attached hydrogens (tertiary/aromatic N) is 6. The molecule has 1 amide bonds. The van der Waals surface area contributed by atoms with E-state index in [1.54, 1.807) is 25.7 Å². The van der Waals surface area contributed by atoms with Crippen LogP contribution in [0.25, 0.3) is 0 Å². The van der Waals surface area contributed by atoms with Crippen molar-refractivity contribution in [2.24, 2.45) is 7.05 Å². The summed E-state index contributed by atoms with van der Waals surface area (Å²) in [4.78, 5) is 24.0. The number of aromatic nitrogens is 4. The predicted octanol–water partition coefficient (Wildman–Crippen LogP) is 1.54. The van der Waals surface area contributed by atoms with E-state index in [9.17, 15) is 14.9 Å². The van der Waals surface area contributed by atoms with Gasteiger partial charge in [-0.2, -0.15) is 10.2 Å². The first-order valence-electron chi connectivity index (χ1n) is 6.88. The summed E-state index contributed by atoms with van der Waals surface area (Å²) in [7, 11) is 3.42. The van der Waals surface area contributed by atoms with E-state index in [0.29, 0.717) is 17.3 Å². The molecule has 2 aromatic heterocycles. The van der Waals surface area contributed by atoms with Crippen molar-refractivity contribution in [3.05, 3.63) is 38.9 Å². The maximum absolute atomic E-state index is 12.2. The van der Waals surface area contributed by atoms with Gasteiger partial charge in [-0.1, -0.05) is 11.6 Å². The van der Waals surface area contributed by atoms with E-state index in [2.05, 4.69) is 10.2 Å². The Kier molecular flexibility index (Phi) is 4.99. The highest BCUT2D eigenvalue weighted by Gasteiger charge is 2.17. The first-order valence-corrected chi connectivity index (χ1v) is 7.26. The van der Waals surface area contributed by atoms with Gasteiger partial charge in [0.1, 0.15) is 11.9 Å². The summed E-state index contributed by atoms with van der Waals surface area (Å²) in [5.41, 5.74) is 1.03. The van der Waals surface area contributed by atoms with Gasteiger partial charge in [-0.3, -0.25) is 24.3 Å². The van der Waals surface area contributed by atoms with Gasteiger partial charge in [0.15, 0.2) is 0 Å². The fraction of sp³-hybridized carbons (Fsp3) is 0.462.